The number of nitrogens with zero attached hydrogens (tertiary/aromatic N) is 3. The number of carbonyl (C=O) groups is 2. The van der Waals surface area contributed by atoms with E-state index < -0.39 is 5.97 Å². The van der Waals surface area contributed by atoms with Crippen molar-refractivity contribution in [1.82, 2.24) is 15.0 Å². The number of hydrogen-bond donors (Lipinski definition) is 0. The highest BCUT2D eigenvalue weighted by Gasteiger charge is 2.05. The second-order valence-corrected chi connectivity index (χ2v) is 4.26. The van der Waals surface area contributed by atoms with Crippen LogP contribution in [0.3, 0.4) is 0 Å². The fourth-order valence-corrected chi connectivity index (χ4v) is 1.33. The summed E-state index contributed by atoms with van der Waals surface area (Å²) in [7, 11) is 2.64. The summed E-state index contributed by atoms with van der Waals surface area (Å²) in [5.74, 6) is -0.835. The quantitative estimate of drug-likeness (QED) is 0.761. The van der Waals surface area contributed by atoms with Crippen molar-refractivity contribution in [1.29, 1.82) is 0 Å². The first-order chi connectivity index (χ1) is 10.1. The molecule has 2 rings (SSSR count). The van der Waals surface area contributed by atoms with Gasteiger partial charge in [-0.05, 0) is 28.1 Å². The van der Waals surface area contributed by atoms with E-state index in [-0.39, 0.29) is 11.7 Å². The maximum atomic E-state index is 10.8. The van der Waals surface area contributed by atoms with Crippen LogP contribution < -0.4 is 0 Å². The van der Waals surface area contributed by atoms with E-state index in [9.17, 15) is 9.59 Å². The van der Waals surface area contributed by atoms with Crippen molar-refractivity contribution in [3.05, 3.63) is 52.8 Å². The maximum Gasteiger partial charge on any atom is 0.358 e. The Kier molecular flexibility index (Phi) is 6.96. The molecule has 0 fully saturated rings. The molecule has 0 aliphatic carbocycles. The molecule has 2 aromatic rings. The molecule has 2 aromatic heterocycles. The third kappa shape index (κ3) is 5.65. The number of pyridine rings is 1. The van der Waals surface area contributed by atoms with Crippen LogP contribution in [0, 0.1) is 0 Å². The normalized spacial score (nSPS) is 9.10. The van der Waals surface area contributed by atoms with E-state index in [1.165, 1.54) is 32.8 Å². The molecule has 0 spiro atoms. The molecular weight excluding hydrogens is 342 g/mol. The summed E-state index contributed by atoms with van der Waals surface area (Å²) in [5, 5.41) is 0. The third-order valence-corrected chi connectivity index (χ3v) is 2.51. The van der Waals surface area contributed by atoms with E-state index in [2.05, 4.69) is 40.4 Å². The van der Waals surface area contributed by atoms with Crippen LogP contribution in [0.5, 0.6) is 0 Å². The lowest BCUT2D eigenvalue weighted by Crippen LogP contribution is -2.04. The highest BCUT2D eigenvalue weighted by atomic mass is 79.9. The summed E-state index contributed by atoms with van der Waals surface area (Å²) >= 11 is 3.09. The molecule has 21 heavy (non-hydrogen) atoms. The first-order valence-corrected chi connectivity index (χ1v) is 6.42. The van der Waals surface area contributed by atoms with Gasteiger partial charge < -0.3 is 9.47 Å². The molecule has 0 aliphatic rings. The molecule has 0 radical (unpaired) electrons. The van der Waals surface area contributed by atoms with Crippen molar-refractivity contribution in [2.45, 2.75) is 0 Å². The number of methoxy groups -OCH3 is 2. The first-order valence-electron chi connectivity index (χ1n) is 5.62. The van der Waals surface area contributed by atoms with Gasteiger partial charge in [-0.2, -0.15) is 0 Å². The summed E-state index contributed by atoms with van der Waals surface area (Å²) in [6, 6.07) is 3.34. The van der Waals surface area contributed by atoms with E-state index >= 15 is 0 Å². The molecule has 2 heterocycles. The van der Waals surface area contributed by atoms with Crippen molar-refractivity contribution >= 4 is 27.9 Å². The van der Waals surface area contributed by atoms with Gasteiger partial charge in [0.15, 0.2) is 5.69 Å². The summed E-state index contributed by atoms with van der Waals surface area (Å²) in [4.78, 5) is 32.9. The zero-order valence-corrected chi connectivity index (χ0v) is 12.9. The van der Waals surface area contributed by atoms with Crippen molar-refractivity contribution in [3.8, 4) is 0 Å². The summed E-state index contributed by atoms with van der Waals surface area (Å²) in [6.07, 6.45) is 5.85. The van der Waals surface area contributed by atoms with Gasteiger partial charge in [0.1, 0.15) is 4.60 Å². The molecule has 110 valence electrons. The predicted molar refractivity (Wildman–Crippen MR) is 76.6 cm³/mol. The van der Waals surface area contributed by atoms with Gasteiger partial charge in [0.25, 0.3) is 0 Å². The fourth-order valence-electron chi connectivity index (χ4n) is 1.12. The molecule has 0 saturated carbocycles. The summed E-state index contributed by atoms with van der Waals surface area (Å²) in [5.41, 5.74) is 0.681. The molecule has 0 aromatic carbocycles. The standard InChI is InChI=1S/C7H7NO2.C6H5BrN2O2/c1-10-7(9)6-3-2-4-8-5-6;1-11-6(10)4-2-9-5(7)3-8-4/h2-5H,1H3;2-3H,1H3. The number of ether oxygens (including phenoxy) is 2. The van der Waals surface area contributed by atoms with Gasteiger partial charge in [0, 0.05) is 12.4 Å². The average molecular weight is 354 g/mol. The van der Waals surface area contributed by atoms with Crippen LogP contribution >= 0.6 is 15.9 Å². The SMILES string of the molecule is COC(=O)c1cccnc1.COC(=O)c1cnc(Br)cn1. The lowest BCUT2D eigenvalue weighted by atomic mass is 10.3. The van der Waals surface area contributed by atoms with Crippen LogP contribution in [0.2, 0.25) is 0 Å². The zero-order chi connectivity index (χ0) is 15.7. The van der Waals surface area contributed by atoms with Crippen LogP contribution in [0.4, 0.5) is 0 Å². The van der Waals surface area contributed by atoms with Gasteiger partial charge >= 0.3 is 11.9 Å². The average Bonchev–Trinajstić information content (AvgIpc) is 2.55. The van der Waals surface area contributed by atoms with E-state index in [0.717, 1.165) is 0 Å². The van der Waals surface area contributed by atoms with Crippen LogP contribution in [-0.4, -0.2) is 41.1 Å². The lowest BCUT2D eigenvalue weighted by molar-refractivity contribution is 0.0587. The number of carbonyl (C=O) groups excluding carboxylic acids is 2. The van der Waals surface area contributed by atoms with Crippen molar-refractivity contribution in [2.75, 3.05) is 14.2 Å². The Morgan fingerprint density at radius 2 is 1.76 bits per heavy atom. The van der Waals surface area contributed by atoms with Crippen molar-refractivity contribution < 1.29 is 19.1 Å². The van der Waals surface area contributed by atoms with Crippen LogP contribution in [0.15, 0.2) is 41.5 Å². The van der Waals surface area contributed by atoms with Gasteiger partial charge in [-0.1, -0.05) is 0 Å². The van der Waals surface area contributed by atoms with E-state index in [4.69, 9.17) is 0 Å². The fraction of sp³-hybridized carbons (Fsp3) is 0.154. The molecule has 0 atom stereocenters. The van der Waals surface area contributed by atoms with Crippen LogP contribution in [0.25, 0.3) is 0 Å². The number of aromatic nitrogens is 3. The number of hydrogen-bond acceptors (Lipinski definition) is 7. The molecule has 0 unspecified atom stereocenters. The molecule has 7 nitrogen and oxygen atoms in total. The summed E-state index contributed by atoms with van der Waals surface area (Å²) in [6.45, 7) is 0. The first kappa shape index (κ1) is 16.7. The molecule has 0 amide bonds. The Bertz CT molecular complexity index is 590. The van der Waals surface area contributed by atoms with E-state index in [1.54, 1.807) is 18.3 Å². The Hall–Kier alpha value is -2.35. The monoisotopic (exact) mass is 353 g/mol. The molecule has 0 bridgehead atoms. The third-order valence-electron chi connectivity index (χ3n) is 2.10. The Morgan fingerprint density at radius 1 is 1.05 bits per heavy atom. The largest absolute Gasteiger partial charge is 0.465 e. The number of esters is 2. The second-order valence-electron chi connectivity index (χ2n) is 3.45. The molecular formula is C13H12BrN3O4. The number of rotatable bonds is 2. The Morgan fingerprint density at radius 3 is 2.24 bits per heavy atom. The van der Waals surface area contributed by atoms with Gasteiger partial charge in [0.2, 0.25) is 0 Å². The van der Waals surface area contributed by atoms with Gasteiger partial charge in [-0.15, -0.1) is 0 Å². The maximum absolute atomic E-state index is 10.8. The van der Waals surface area contributed by atoms with Crippen molar-refractivity contribution in [3.63, 3.8) is 0 Å². The zero-order valence-electron chi connectivity index (χ0n) is 11.3. The molecule has 0 aliphatic heterocycles. The number of halogens is 1. The Labute approximate surface area is 129 Å². The smallest absolute Gasteiger partial charge is 0.358 e. The summed E-state index contributed by atoms with van der Waals surface area (Å²) < 4.78 is 9.46. The van der Waals surface area contributed by atoms with Gasteiger partial charge in [0.05, 0.1) is 32.2 Å². The highest BCUT2D eigenvalue weighted by molar-refractivity contribution is 9.10. The molecule has 0 saturated heterocycles. The molecule has 8 heteroatoms. The highest BCUT2D eigenvalue weighted by Crippen LogP contribution is 2.03. The van der Waals surface area contributed by atoms with Crippen molar-refractivity contribution in [2.24, 2.45) is 0 Å². The minimum Gasteiger partial charge on any atom is -0.465 e. The van der Waals surface area contributed by atoms with Gasteiger partial charge in [-0.3, -0.25) is 4.98 Å². The predicted octanol–water partition coefficient (Wildman–Crippen LogP) is 1.89. The van der Waals surface area contributed by atoms with Crippen LogP contribution in [0.1, 0.15) is 20.8 Å². The van der Waals surface area contributed by atoms with Gasteiger partial charge in [-0.25, -0.2) is 19.6 Å². The minimum atomic E-state index is -0.481. The van der Waals surface area contributed by atoms with E-state index in [1.807, 2.05) is 0 Å². The minimum absolute atomic E-state index is 0.204. The Balaban J connectivity index is 0.000000211. The topological polar surface area (TPSA) is 91.3 Å². The van der Waals surface area contributed by atoms with E-state index in [0.29, 0.717) is 10.2 Å². The lowest BCUT2D eigenvalue weighted by Gasteiger charge is -1.95. The van der Waals surface area contributed by atoms with Crippen LogP contribution in [-0.2, 0) is 9.47 Å². The molecule has 0 N–H and O–H groups in total. The second kappa shape index (κ2) is 8.75.